The van der Waals surface area contributed by atoms with E-state index in [2.05, 4.69) is 0 Å². The molecular weight excluding hydrogens is 192 g/mol. The maximum Gasteiger partial charge on any atom is 0.230 e. The highest BCUT2D eigenvalue weighted by atomic mass is 16.3. The van der Waals surface area contributed by atoms with Gasteiger partial charge in [0.2, 0.25) is 5.91 Å². The molecule has 0 spiro atoms. The second-order valence-electron chi connectivity index (χ2n) is 3.55. The highest BCUT2D eigenvalue weighted by Crippen LogP contribution is 2.20. The normalized spacial score (nSPS) is 12.2. The lowest BCUT2D eigenvalue weighted by Gasteiger charge is -2.20. The summed E-state index contributed by atoms with van der Waals surface area (Å²) < 4.78 is 0. The van der Waals surface area contributed by atoms with E-state index in [-0.39, 0.29) is 17.6 Å². The van der Waals surface area contributed by atoms with Crippen molar-refractivity contribution in [1.82, 2.24) is 0 Å². The first kappa shape index (κ1) is 11.5. The van der Waals surface area contributed by atoms with Gasteiger partial charge in [0.05, 0.1) is 0 Å². The number of hydrogen-bond acceptors (Lipinski definition) is 3. The van der Waals surface area contributed by atoms with E-state index < -0.39 is 0 Å². The molecule has 1 amide bonds. The highest BCUT2D eigenvalue weighted by molar-refractivity contribution is 5.94. The Kier molecular flexibility index (Phi) is 3.68. The van der Waals surface area contributed by atoms with Crippen molar-refractivity contribution in [1.29, 1.82) is 0 Å². The average molecular weight is 208 g/mol. The minimum absolute atomic E-state index is 0.0527. The van der Waals surface area contributed by atoms with Crippen molar-refractivity contribution in [2.45, 2.75) is 6.92 Å². The summed E-state index contributed by atoms with van der Waals surface area (Å²) in [5.41, 5.74) is 6.09. The summed E-state index contributed by atoms with van der Waals surface area (Å²) in [4.78, 5) is 13.2. The summed E-state index contributed by atoms with van der Waals surface area (Å²) in [7, 11) is 1.67. The predicted octanol–water partition coefficient (Wildman–Crippen LogP) is 0.950. The van der Waals surface area contributed by atoms with Gasteiger partial charge in [0.15, 0.2) is 0 Å². The molecule has 0 heterocycles. The van der Waals surface area contributed by atoms with Crippen LogP contribution in [0, 0.1) is 5.92 Å². The number of carbonyl (C=O) groups excluding carboxylic acids is 1. The summed E-state index contributed by atoms with van der Waals surface area (Å²) in [5.74, 6) is -0.118. The molecule has 15 heavy (non-hydrogen) atoms. The van der Waals surface area contributed by atoms with Crippen LogP contribution in [0.1, 0.15) is 6.92 Å². The van der Waals surface area contributed by atoms with Crippen molar-refractivity contribution >= 4 is 11.6 Å². The van der Waals surface area contributed by atoms with E-state index in [4.69, 9.17) is 5.73 Å². The Labute approximate surface area is 89.3 Å². The van der Waals surface area contributed by atoms with E-state index in [1.807, 2.05) is 0 Å². The van der Waals surface area contributed by atoms with E-state index in [0.717, 1.165) is 0 Å². The first-order valence-electron chi connectivity index (χ1n) is 4.83. The third kappa shape index (κ3) is 2.70. The third-order valence-electron chi connectivity index (χ3n) is 2.32. The maximum atomic E-state index is 11.8. The number of nitrogens with zero attached hydrogens (tertiary/aromatic N) is 1. The van der Waals surface area contributed by atoms with Gasteiger partial charge in [-0.3, -0.25) is 4.79 Å². The fourth-order valence-electron chi connectivity index (χ4n) is 1.26. The van der Waals surface area contributed by atoms with Crippen molar-refractivity contribution in [2.24, 2.45) is 11.7 Å². The molecule has 1 aromatic rings. The molecule has 0 saturated carbocycles. The number of nitrogens with two attached hydrogens (primary N) is 1. The largest absolute Gasteiger partial charge is 0.508 e. The van der Waals surface area contributed by atoms with Crippen molar-refractivity contribution < 1.29 is 9.90 Å². The van der Waals surface area contributed by atoms with E-state index in [1.54, 1.807) is 38.2 Å². The summed E-state index contributed by atoms with van der Waals surface area (Å²) in [5, 5.41) is 9.28. The minimum Gasteiger partial charge on any atom is -0.508 e. The number of amides is 1. The Morgan fingerprint density at radius 3 is 2.80 bits per heavy atom. The smallest absolute Gasteiger partial charge is 0.230 e. The predicted molar refractivity (Wildman–Crippen MR) is 59.7 cm³/mol. The van der Waals surface area contributed by atoms with Crippen LogP contribution in [0.3, 0.4) is 0 Å². The van der Waals surface area contributed by atoms with E-state index >= 15 is 0 Å². The molecule has 0 aliphatic carbocycles. The molecule has 0 aliphatic heterocycles. The molecule has 0 fully saturated rings. The van der Waals surface area contributed by atoms with E-state index in [1.165, 1.54) is 4.90 Å². The molecule has 0 aliphatic rings. The molecule has 0 bridgehead atoms. The number of aromatic hydroxyl groups is 1. The van der Waals surface area contributed by atoms with Gasteiger partial charge in [-0.2, -0.15) is 0 Å². The Morgan fingerprint density at radius 2 is 2.27 bits per heavy atom. The molecule has 4 nitrogen and oxygen atoms in total. The monoisotopic (exact) mass is 208 g/mol. The van der Waals surface area contributed by atoms with Gasteiger partial charge in [0, 0.05) is 31.3 Å². The highest BCUT2D eigenvalue weighted by Gasteiger charge is 2.17. The molecule has 1 atom stereocenters. The first-order valence-corrected chi connectivity index (χ1v) is 4.83. The van der Waals surface area contributed by atoms with Crippen LogP contribution in [0.4, 0.5) is 5.69 Å². The van der Waals surface area contributed by atoms with Crippen molar-refractivity contribution in [3.63, 3.8) is 0 Å². The Bertz CT molecular complexity index is 352. The minimum atomic E-state index is -0.211. The standard InChI is InChI=1S/C11H16N2O2/c1-8(7-12)11(15)13(2)9-4-3-5-10(14)6-9/h3-6,8,14H,7,12H2,1-2H3. The second kappa shape index (κ2) is 4.79. The van der Waals surface area contributed by atoms with Crippen LogP contribution >= 0.6 is 0 Å². The van der Waals surface area contributed by atoms with Gasteiger partial charge >= 0.3 is 0 Å². The summed E-state index contributed by atoms with van der Waals surface area (Å²) in [6.45, 7) is 2.10. The van der Waals surface area contributed by atoms with Gasteiger partial charge in [0.25, 0.3) is 0 Å². The Balaban J connectivity index is 2.85. The number of phenolic OH excluding ortho intramolecular Hbond substituents is 1. The van der Waals surface area contributed by atoms with Crippen LogP contribution in [0.15, 0.2) is 24.3 Å². The molecule has 82 valence electrons. The second-order valence-corrected chi connectivity index (χ2v) is 3.55. The molecule has 1 aromatic carbocycles. The third-order valence-corrected chi connectivity index (χ3v) is 2.32. The van der Waals surface area contributed by atoms with Crippen LogP contribution in [0.2, 0.25) is 0 Å². The van der Waals surface area contributed by atoms with Crippen LogP contribution in [-0.2, 0) is 4.79 Å². The molecular formula is C11H16N2O2. The van der Waals surface area contributed by atoms with Gasteiger partial charge in [-0.25, -0.2) is 0 Å². The van der Waals surface area contributed by atoms with E-state index in [0.29, 0.717) is 12.2 Å². The van der Waals surface area contributed by atoms with Gasteiger partial charge in [-0.15, -0.1) is 0 Å². The zero-order chi connectivity index (χ0) is 11.4. The summed E-state index contributed by atoms with van der Waals surface area (Å²) >= 11 is 0. The zero-order valence-electron chi connectivity index (χ0n) is 8.97. The number of anilines is 1. The fraction of sp³-hybridized carbons (Fsp3) is 0.364. The van der Waals surface area contributed by atoms with Crippen molar-refractivity contribution in [3.05, 3.63) is 24.3 Å². The number of benzene rings is 1. The van der Waals surface area contributed by atoms with Gasteiger partial charge in [-0.1, -0.05) is 13.0 Å². The number of hydrogen-bond donors (Lipinski definition) is 2. The SMILES string of the molecule is CC(CN)C(=O)N(C)c1cccc(O)c1. The molecule has 4 heteroatoms. The van der Waals surface area contributed by atoms with Gasteiger partial charge < -0.3 is 15.7 Å². The van der Waals surface area contributed by atoms with Crippen LogP contribution in [0.5, 0.6) is 5.75 Å². The van der Waals surface area contributed by atoms with Crippen LogP contribution < -0.4 is 10.6 Å². The summed E-state index contributed by atoms with van der Waals surface area (Å²) in [6, 6.07) is 6.57. The summed E-state index contributed by atoms with van der Waals surface area (Å²) in [6.07, 6.45) is 0. The molecule has 1 rings (SSSR count). The van der Waals surface area contributed by atoms with Gasteiger partial charge in [0.1, 0.15) is 5.75 Å². The molecule has 0 radical (unpaired) electrons. The lowest BCUT2D eigenvalue weighted by atomic mass is 10.1. The topological polar surface area (TPSA) is 66.6 Å². The zero-order valence-corrected chi connectivity index (χ0v) is 8.97. The Hall–Kier alpha value is -1.55. The van der Waals surface area contributed by atoms with Crippen LogP contribution in [-0.4, -0.2) is 24.6 Å². The number of phenols is 1. The average Bonchev–Trinajstić information content (AvgIpc) is 2.26. The van der Waals surface area contributed by atoms with Crippen LogP contribution in [0.25, 0.3) is 0 Å². The number of carbonyl (C=O) groups is 1. The van der Waals surface area contributed by atoms with Crippen molar-refractivity contribution in [3.8, 4) is 5.75 Å². The van der Waals surface area contributed by atoms with Crippen molar-refractivity contribution in [2.75, 3.05) is 18.5 Å². The van der Waals surface area contributed by atoms with Gasteiger partial charge in [-0.05, 0) is 12.1 Å². The quantitative estimate of drug-likeness (QED) is 0.777. The first-order chi connectivity index (χ1) is 7.06. The Morgan fingerprint density at radius 1 is 1.60 bits per heavy atom. The fourth-order valence-corrected chi connectivity index (χ4v) is 1.26. The van der Waals surface area contributed by atoms with E-state index in [9.17, 15) is 9.90 Å². The maximum absolute atomic E-state index is 11.8. The molecule has 1 unspecified atom stereocenters. The lowest BCUT2D eigenvalue weighted by Crippen LogP contribution is -2.35. The molecule has 3 N–H and O–H groups in total. The number of rotatable bonds is 3. The molecule has 0 saturated heterocycles. The molecule has 0 aromatic heterocycles. The lowest BCUT2D eigenvalue weighted by molar-refractivity contribution is -0.121.